The molecule has 0 radical (unpaired) electrons. The van der Waals surface area contributed by atoms with Crippen LogP contribution in [0, 0.1) is 0 Å². The van der Waals surface area contributed by atoms with E-state index in [0.717, 1.165) is 13.8 Å². The van der Waals surface area contributed by atoms with Crippen LogP contribution in [0.15, 0.2) is 0 Å². The second-order valence-corrected chi connectivity index (χ2v) is 14.1. The minimum atomic E-state index is -3.08. The maximum absolute atomic E-state index is 12.9. The lowest BCUT2D eigenvalue weighted by molar-refractivity contribution is -0.389. The Hall–Kier alpha value is -2.35. The van der Waals surface area contributed by atoms with E-state index >= 15 is 0 Å². The predicted molar refractivity (Wildman–Crippen MR) is 175 cm³/mol. The molecule has 0 bridgehead atoms. The summed E-state index contributed by atoms with van der Waals surface area (Å²) in [4.78, 5) is 37.0. The predicted octanol–water partition coefficient (Wildman–Crippen LogP) is -9.26. The Bertz CT molecular complexity index is 1340. The zero-order valence-corrected chi connectivity index (χ0v) is 30.4. The summed E-state index contributed by atoms with van der Waals surface area (Å²) in [5.41, 5.74) is 5.45. The normalized spacial score (nSPS) is 45.7. The number of carboxylic acid groups (broad SMARTS) is 1. The largest absolute Gasteiger partial charge is 0.477 e. The Balaban J connectivity index is 1.71. The van der Waals surface area contributed by atoms with Gasteiger partial charge in [-0.05, 0) is 6.92 Å². The Morgan fingerprint density at radius 1 is 0.768 bits per heavy atom. The van der Waals surface area contributed by atoms with Crippen LogP contribution in [0.2, 0.25) is 0 Å². The number of hydrogen-bond acceptors (Lipinski definition) is 22. The lowest BCUT2D eigenvalue weighted by atomic mass is 9.88. The fourth-order valence-corrected chi connectivity index (χ4v) is 7.02. The number of amides is 2. The number of nitrogens with one attached hydrogen (secondary N) is 2. The number of aliphatic hydroxyl groups excluding tert-OH is 11. The molecule has 2 amide bonds. The van der Waals surface area contributed by atoms with Gasteiger partial charge in [-0.3, -0.25) is 9.59 Å². The van der Waals surface area contributed by atoms with E-state index in [-0.39, 0.29) is 0 Å². The van der Waals surface area contributed by atoms with Gasteiger partial charge in [0, 0.05) is 26.8 Å². The molecule has 4 heterocycles. The second kappa shape index (κ2) is 19.1. The van der Waals surface area contributed by atoms with Gasteiger partial charge in [-0.15, -0.1) is 0 Å². The average Bonchev–Trinajstić information content (AvgIpc) is 3.14. The van der Waals surface area contributed by atoms with E-state index in [9.17, 15) is 75.7 Å². The van der Waals surface area contributed by atoms with Crippen molar-refractivity contribution in [3.63, 3.8) is 0 Å². The number of carbonyl (C=O) groups excluding carboxylic acids is 2. The van der Waals surface area contributed by atoms with Gasteiger partial charge in [0.25, 0.3) is 5.79 Å². The van der Waals surface area contributed by atoms with Crippen molar-refractivity contribution < 1.29 is 109 Å². The van der Waals surface area contributed by atoms with Crippen LogP contribution in [0.4, 0.5) is 0 Å². The van der Waals surface area contributed by atoms with Gasteiger partial charge >= 0.3 is 5.97 Å². The summed E-state index contributed by atoms with van der Waals surface area (Å²) in [6.45, 7) is 0.842. The van der Waals surface area contributed by atoms with Gasteiger partial charge in [0.15, 0.2) is 18.9 Å². The summed E-state index contributed by atoms with van der Waals surface area (Å²) in [7, 11) is 0. The molecule has 4 aliphatic heterocycles. The average molecular weight is 820 g/mol. The van der Waals surface area contributed by atoms with E-state index < -0.39 is 172 Å². The van der Waals surface area contributed by atoms with Crippen molar-refractivity contribution in [3.05, 3.63) is 0 Å². The highest BCUT2D eigenvalue weighted by molar-refractivity contribution is 5.76. The molecule has 21 atom stereocenters. The number of rotatable bonds is 14. The zero-order chi connectivity index (χ0) is 42.0. The third kappa shape index (κ3) is 9.74. The van der Waals surface area contributed by atoms with Crippen molar-refractivity contribution in [3.8, 4) is 0 Å². The molecule has 4 rings (SSSR count). The molecule has 0 aromatic rings. The summed E-state index contributed by atoms with van der Waals surface area (Å²) in [6, 6.07) is -3.16. The van der Waals surface area contributed by atoms with Crippen molar-refractivity contribution in [1.82, 2.24) is 10.6 Å². The van der Waals surface area contributed by atoms with Crippen molar-refractivity contribution >= 4 is 17.8 Å². The first kappa shape index (κ1) is 46.3. The van der Waals surface area contributed by atoms with Crippen LogP contribution in [0.5, 0.6) is 0 Å². The van der Waals surface area contributed by atoms with Gasteiger partial charge in [0.05, 0.1) is 37.6 Å². The highest BCUT2D eigenvalue weighted by Gasteiger charge is 2.60. The molecule has 0 aromatic carbocycles. The van der Waals surface area contributed by atoms with E-state index in [4.69, 9.17) is 38.9 Å². The monoisotopic (exact) mass is 819 g/mol. The van der Waals surface area contributed by atoms with Crippen LogP contribution in [-0.4, -0.2) is 227 Å². The molecule has 16 N–H and O–H groups in total. The molecule has 4 aliphatic rings. The maximum atomic E-state index is 12.9. The first-order valence-electron chi connectivity index (χ1n) is 17.7. The van der Waals surface area contributed by atoms with Crippen LogP contribution in [0.25, 0.3) is 0 Å². The maximum Gasteiger partial charge on any atom is 0.364 e. The highest BCUT2D eigenvalue weighted by Crippen LogP contribution is 2.39. The summed E-state index contributed by atoms with van der Waals surface area (Å²) in [6.07, 6.45) is -34.5. The summed E-state index contributed by atoms with van der Waals surface area (Å²) in [5, 5.41) is 133. The first-order valence-corrected chi connectivity index (χ1v) is 17.7. The number of aliphatic hydroxyl groups is 11. The Kier molecular flexibility index (Phi) is 15.8. The number of ether oxygens (including phenoxy) is 7. The summed E-state index contributed by atoms with van der Waals surface area (Å²) >= 11 is 0. The van der Waals surface area contributed by atoms with Gasteiger partial charge in [0.1, 0.15) is 79.3 Å². The molecular formula is C31H53N3O22. The van der Waals surface area contributed by atoms with E-state index in [1.165, 1.54) is 6.92 Å². The third-order valence-electron chi connectivity index (χ3n) is 10.00. The first-order chi connectivity index (χ1) is 26.2. The number of carbonyl (C=O) groups is 3. The molecule has 0 aliphatic carbocycles. The molecular weight excluding hydrogens is 766 g/mol. The smallest absolute Gasteiger partial charge is 0.364 e. The molecule has 25 heteroatoms. The Morgan fingerprint density at radius 3 is 1.89 bits per heavy atom. The third-order valence-corrected chi connectivity index (χ3v) is 10.00. The molecule has 0 aromatic heterocycles. The standard InChI is InChI=1S/C31H53N3O22/c1-8-17(41)20(44)21(45)28(50-8)54-25-16(34-10(3)38)27(47)51-14(7-36)23(25)53-29-22(46)26(19(43)13(6-35)52-29)56-31(30(48)49)4-11(39)15(33-9(2)37)24(55-31)18(42)12(40)5-32/h8,11-29,35-36,39-47H,4-7,32H2,1-3H3,(H,33,37)(H,34,38)(H,48,49)/t8-,11-,12+,13+,14+,15+,16+,17+,18+,19-,20+,21-,22+,23+,24+,25+,26-,27+,28-,29-,31-/m0/s1. The number of aliphatic carboxylic acids is 1. The zero-order valence-electron chi connectivity index (χ0n) is 30.4. The van der Waals surface area contributed by atoms with Crippen molar-refractivity contribution in [2.24, 2.45) is 5.73 Å². The van der Waals surface area contributed by atoms with Gasteiger partial charge in [-0.2, -0.15) is 0 Å². The number of hydrogen-bond donors (Lipinski definition) is 15. The van der Waals surface area contributed by atoms with E-state index in [1.807, 2.05) is 0 Å². The summed E-state index contributed by atoms with van der Waals surface area (Å²) in [5.74, 6) is -6.58. The lowest BCUT2D eigenvalue weighted by Gasteiger charge is -2.51. The van der Waals surface area contributed by atoms with E-state index in [0.29, 0.717) is 0 Å². The molecule has 324 valence electrons. The van der Waals surface area contributed by atoms with E-state index in [2.05, 4.69) is 10.6 Å². The SMILES string of the molecule is CC(=O)N[C@@H]1[C@@H](O[C@@H]2O[C@@H](C)[C@@H](O)[C@@H](O)[C@@H]2O)[C@H](O[C@@H]2O[C@H](CO)[C@H](O)[C@H](O[C@]3(C(=O)O)C[C@H](O)[C@@H](NC(C)=O)[C@H]([C@H](O)[C@H](O)CN)O3)[C@H]2O)[C@@H](CO)O[C@H]1O. The number of carboxylic acids is 1. The van der Waals surface area contributed by atoms with Crippen molar-refractivity contribution in [2.45, 2.75) is 155 Å². The van der Waals surface area contributed by atoms with Gasteiger partial charge in [-0.25, -0.2) is 4.79 Å². The van der Waals surface area contributed by atoms with Gasteiger partial charge in [0.2, 0.25) is 11.8 Å². The lowest BCUT2D eigenvalue weighted by Crippen LogP contribution is -2.71. The second-order valence-electron chi connectivity index (χ2n) is 14.1. The fraction of sp³-hybridized carbons (Fsp3) is 0.903. The minimum absolute atomic E-state index is 0.586. The highest BCUT2D eigenvalue weighted by atomic mass is 16.8. The quantitative estimate of drug-likeness (QED) is 0.0773. The Morgan fingerprint density at radius 2 is 1.34 bits per heavy atom. The summed E-state index contributed by atoms with van der Waals surface area (Å²) < 4.78 is 39.8. The van der Waals surface area contributed by atoms with Crippen LogP contribution in [0.3, 0.4) is 0 Å². The van der Waals surface area contributed by atoms with Crippen LogP contribution in [-0.2, 0) is 47.5 Å². The van der Waals surface area contributed by atoms with Crippen LogP contribution < -0.4 is 16.4 Å². The molecule has 0 unspecified atom stereocenters. The molecule has 4 saturated heterocycles. The van der Waals surface area contributed by atoms with E-state index in [1.54, 1.807) is 0 Å². The fourth-order valence-electron chi connectivity index (χ4n) is 7.02. The van der Waals surface area contributed by atoms with Crippen molar-refractivity contribution in [2.75, 3.05) is 19.8 Å². The van der Waals surface area contributed by atoms with Gasteiger partial charge in [-0.1, -0.05) is 0 Å². The minimum Gasteiger partial charge on any atom is -0.477 e. The molecule has 0 spiro atoms. The Labute approximate surface area is 318 Å². The van der Waals surface area contributed by atoms with Crippen molar-refractivity contribution in [1.29, 1.82) is 0 Å². The molecule has 4 fully saturated rings. The van der Waals surface area contributed by atoms with Crippen LogP contribution in [0.1, 0.15) is 27.2 Å². The van der Waals surface area contributed by atoms with Gasteiger partial charge < -0.3 is 111 Å². The molecule has 56 heavy (non-hydrogen) atoms. The van der Waals surface area contributed by atoms with Crippen LogP contribution >= 0.6 is 0 Å². The molecule has 0 saturated carbocycles. The topological polar surface area (TPSA) is 409 Å². The molecule has 25 nitrogen and oxygen atoms in total. The number of nitrogens with two attached hydrogens (primary N) is 1.